The summed E-state index contributed by atoms with van der Waals surface area (Å²) in [5.41, 5.74) is -2.53. The highest BCUT2D eigenvalue weighted by Gasteiger charge is 2.27. The predicted molar refractivity (Wildman–Crippen MR) is 56.4 cm³/mol. The Balaban J connectivity index is 2.76. The lowest BCUT2D eigenvalue weighted by Gasteiger charge is -2.08. The molecule has 0 spiro atoms. The monoisotopic (exact) mass is 289 g/mol. The largest absolute Gasteiger partial charge is 0.477 e. The van der Waals surface area contributed by atoms with E-state index in [0.29, 0.717) is 0 Å². The minimum Gasteiger partial charge on any atom is -0.477 e. The molecule has 0 aliphatic carbocycles. The lowest BCUT2D eigenvalue weighted by Crippen LogP contribution is -2.07. The fourth-order valence-electron chi connectivity index (χ4n) is 1.52. The lowest BCUT2D eigenvalue weighted by molar-refractivity contribution is 0.0690. The van der Waals surface area contributed by atoms with E-state index in [1.807, 2.05) is 0 Å². The number of aromatic nitrogens is 1. The van der Waals surface area contributed by atoms with Gasteiger partial charge in [-0.1, -0.05) is 6.07 Å². The Morgan fingerprint density at radius 3 is 1.90 bits per heavy atom. The van der Waals surface area contributed by atoms with Crippen LogP contribution in [0.15, 0.2) is 18.2 Å². The Hall–Kier alpha value is -2.51. The number of nitrogens with zero attached hydrogens (tertiary/aromatic N) is 1. The van der Waals surface area contributed by atoms with Gasteiger partial charge in [-0.2, -0.15) is 0 Å². The summed E-state index contributed by atoms with van der Waals surface area (Å²) in [7, 11) is 0. The first-order valence-electron chi connectivity index (χ1n) is 5.06. The summed E-state index contributed by atoms with van der Waals surface area (Å²) in [5, 5.41) is 8.69. The van der Waals surface area contributed by atoms with E-state index in [1.54, 1.807) is 0 Å². The van der Waals surface area contributed by atoms with Gasteiger partial charge < -0.3 is 5.11 Å². The molecule has 1 aromatic heterocycles. The Bertz CT molecular complexity index is 688. The van der Waals surface area contributed by atoms with Gasteiger partial charge in [0.05, 0.1) is 11.3 Å². The van der Waals surface area contributed by atoms with Crippen molar-refractivity contribution in [2.24, 2.45) is 0 Å². The van der Waals surface area contributed by atoms with Crippen LogP contribution in [-0.4, -0.2) is 16.1 Å². The number of hydrogen-bond acceptors (Lipinski definition) is 2. The molecule has 1 aromatic carbocycles. The summed E-state index contributed by atoms with van der Waals surface area (Å²) in [5.74, 6) is -12.2. The first-order valence-corrected chi connectivity index (χ1v) is 5.06. The molecule has 0 aliphatic heterocycles. The van der Waals surface area contributed by atoms with Crippen molar-refractivity contribution >= 4 is 5.97 Å². The minimum atomic E-state index is -2.29. The zero-order valence-corrected chi connectivity index (χ0v) is 9.42. The molecule has 2 aromatic rings. The third-order valence-electron chi connectivity index (χ3n) is 2.43. The molecule has 3 nitrogen and oxygen atoms in total. The zero-order chi connectivity index (χ0) is 15.0. The Kier molecular flexibility index (Phi) is 3.39. The average molecular weight is 289 g/mol. The standard InChI is InChI=1S/C12H4F5NO2/c13-7-6(8(14)10(16)11(17)9(7)15)4-2-1-3-5(18-4)12(19)20/h1-3H,(H,19,20). The van der Waals surface area contributed by atoms with Crippen molar-refractivity contribution in [2.75, 3.05) is 0 Å². The van der Waals surface area contributed by atoms with Gasteiger partial charge in [0.25, 0.3) is 0 Å². The smallest absolute Gasteiger partial charge is 0.354 e. The molecule has 0 atom stereocenters. The van der Waals surface area contributed by atoms with E-state index in [9.17, 15) is 26.7 Å². The first-order chi connectivity index (χ1) is 9.34. The van der Waals surface area contributed by atoms with E-state index < -0.39 is 52.0 Å². The molecule has 0 saturated heterocycles. The molecule has 0 aliphatic rings. The molecule has 0 radical (unpaired) electrons. The maximum Gasteiger partial charge on any atom is 0.354 e. The van der Waals surface area contributed by atoms with Crippen molar-refractivity contribution < 1.29 is 31.9 Å². The van der Waals surface area contributed by atoms with Crippen LogP contribution >= 0.6 is 0 Å². The van der Waals surface area contributed by atoms with Gasteiger partial charge in [0, 0.05) is 0 Å². The van der Waals surface area contributed by atoms with Crippen LogP contribution in [0, 0.1) is 29.1 Å². The van der Waals surface area contributed by atoms with E-state index in [2.05, 4.69) is 4.98 Å². The number of benzene rings is 1. The second kappa shape index (κ2) is 4.87. The number of hydrogen-bond donors (Lipinski definition) is 1. The molecule has 1 heterocycles. The fraction of sp³-hybridized carbons (Fsp3) is 0. The molecule has 2 rings (SSSR count). The van der Waals surface area contributed by atoms with Crippen molar-refractivity contribution in [1.82, 2.24) is 4.98 Å². The molecular formula is C12H4F5NO2. The average Bonchev–Trinajstić information content (AvgIpc) is 2.43. The van der Waals surface area contributed by atoms with Crippen LogP contribution in [0.3, 0.4) is 0 Å². The molecule has 0 bridgehead atoms. The van der Waals surface area contributed by atoms with Gasteiger partial charge in [-0.25, -0.2) is 31.7 Å². The predicted octanol–water partition coefficient (Wildman–Crippen LogP) is 3.14. The number of pyridine rings is 1. The van der Waals surface area contributed by atoms with E-state index in [4.69, 9.17) is 5.11 Å². The molecule has 1 N–H and O–H groups in total. The van der Waals surface area contributed by atoms with Gasteiger partial charge in [0.15, 0.2) is 23.3 Å². The Morgan fingerprint density at radius 1 is 0.900 bits per heavy atom. The summed E-state index contributed by atoms with van der Waals surface area (Å²) in [6.45, 7) is 0. The fourth-order valence-corrected chi connectivity index (χ4v) is 1.52. The van der Waals surface area contributed by atoms with E-state index in [-0.39, 0.29) is 0 Å². The molecule has 8 heteroatoms. The summed E-state index contributed by atoms with van der Waals surface area (Å²) in [6, 6.07) is 3.02. The summed E-state index contributed by atoms with van der Waals surface area (Å²) < 4.78 is 66.0. The third-order valence-corrected chi connectivity index (χ3v) is 2.43. The highest BCUT2D eigenvalue weighted by molar-refractivity contribution is 5.86. The van der Waals surface area contributed by atoms with Crippen LogP contribution < -0.4 is 0 Å². The van der Waals surface area contributed by atoms with Gasteiger partial charge in [-0.15, -0.1) is 0 Å². The maximum absolute atomic E-state index is 13.5. The van der Waals surface area contributed by atoms with Crippen LogP contribution in [-0.2, 0) is 0 Å². The van der Waals surface area contributed by atoms with Crippen LogP contribution in [0.4, 0.5) is 22.0 Å². The SMILES string of the molecule is O=C(O)c1cccc(-c2c(F)c(F)c(F)c(F)c2F)n1. The van der Waals surface area contributed by atoms with E-state index in [0.717, 1.165) is 18.2 Å². The van der Waals surface area contributed by atoms with Crippen molar-refractivity contribution in [3.05, 3.63) is 53.0 Å². The maximum atomic E-state index is 13.5. The summed E-state index contributed by atoms with van der Waals surface area (Å²) in [6.07, 6.45) is 0. The minimum absolute atomic E-state index is 0.591. The number of carbonyl (C=O) groups is 1. The third kappa shape index (κ3) is 2.09. The lowest BCUT2D eigenvalue weighted by atomic mass is 10.1. The number of rotatable bonds is 2. The molecule has 0 amide bonds. The summed E-state index contributed by atoms with van der Waals surface area (Å²) in [4.78, 5) is 14.0. The molecule has 0 unspecified atom stereocenters. The Labute approximate surface area is 108 Å². The highest BCUT2D eigenvalue weighted by atomic mass is 19.2. The van der Waals surface area contributed by atoms with Crippen LogP contribution in [0.25, 0.3) is 11.3 Å². The number of carboxylic acid groups (broad SMARTS) is 1. The topological polar surface area (TPSA) is 50.2 Å². The van der Waals surface area contributed by atoms with Crippen molar-refractivity contribution in [1.29, 1.82) is 0 Å². The van der Waals surface area contributed by atoms with Crippen molar-refractivity contribution in [2.45, 2.75) is 0 Å². The van der Waals surface area contributed by atoms with Gasteiger partial charge in [-0.3, -0.25) is 0 Å². The highest BCUT2D eigenvalue weighted by Crippen LogP contribution is 2.30. The van der Waals surface area contributed by atoms with Crippen molar-refractivity contribution in [3.63, 3.8) is 0 Å². The Morgan fingerprint density at radius 2 is 1.40 bits per heavy atom. The van der Waals surface area contributed by atoms with Gasteiger partial charge in [0.2, 0.25) is 5.82 Å². The molecule has 104 valence electrons. The molecule has 0 fully saturated rings. The molecular weight excluding hydrogens is 285 g/mol. The molecule has 0 saturated carbocycles. The van der Waals surface area contributed by atoms with Crippen LogP contribution in [0.1, 0.15) is 10.5 Å². The van der Waals surface area contributed by atoms with Gasteiger partial charge in [-0.05, 0) is 12.1 Å². The second-order valence-electron chi connectivity index (χ2n) is 3.66. The van der Waals surface area contributed by atoms with E-state index >= 15 is 0 Å². The number of halogens is 5. The number of carboxylic acids is 1. The number of aromatic carboxylic acids is 1. The van der Waals surface area contributed by atoms with Crippen LogP contribution in [0.5, 0.6) is 0 Å². The van der Waals surface area contributed by atoms with Gasteiger partial charge >= 0.3 is 5.97 Å². The van der Waals surface area contributed by atoms with Crippen LogP contribution in [0.2, 0.25) is 0 Å². The molecule has 20 heavy (non-hydrogen) atoms. The van der Waals surface area contributed by atoms with Crippen molar-refractivity contribution in [3.8, 4) is 11.3 Å². The quantitative estimate of drug-likeness (QED) is 0.525. The second-order valence-corrected chi connectivity index (χ2v) is 3.66. The zero-order valence-electron chi connectivity index (χ0n) is 9.42. The summed E-state index contributed by atoms with van der Waals surface area (Å²) >= 11 is 0. The normalized spacial score (nSPS) is 10.7. The van der Waals surface area contributed by atoms with E-state index in [1.165, 1.54) is 0 Å². The first kappa shape index (κ1) is 13.9. The van der Waals surface area contributed by atoms with Gasteiger partial charge in [0.1, 0.15) is 5.69 Å².